The fourth-order valence-electron chi connectivity index (χ4n) is 4.23. The standard InChI is InChI=1S/C21H22BrNO/c1-23(24)12-10-17(11-13-23)21-19-5-3-2-4-15(19)6-7-16-8-9-18(22)14-20(16)21/h2-9,14,17,21H,10-13H2,1H3. The van der Waals surface area contributed by atoms with Crippen molar-refractivity contribution in [3.63, 3.8) is 0 Å². The summed E-state index contributed by atoms with van der Waals surface area (Å²) < 4.78 is 1.04. The molecule has 1 fully saturated rings. The molecule has 3 heteroatoms. The second-order valence-electron chi connectivity index (χ2n) is 7.29. The summed E-state index contributed by atoms with van der Waals surface area (Å²) in [6.07, 6.45) is 6.45. The lowest BCUT2D eigenvalue weighted by atomic mass is 9.74. The minimum atomic E-state index is -0.0888. The van der Waals surface area contributed by atoms with Crippen LogP contribution < -0.4 is 0 Å². The SMILES string of the molecule is C[N+]1([O-])CCC(C2c3ccccc3C=Cc3ccc(Br)cc32)CC1. The number of hydrogen-bond donors (Lipinski definition) is 0. The Kier molecular flexibility index (Phi) is 4.11. The number of hydroxylamine groups is 3. The zero-order valence-corrected chi connectivity index (χ0v) is 15.5. The Hall–Kier alpha value is -1.42. The van der Waals surface area contributed by atoms with Crippen molar-refractivity contribution < 1.29 is 4.65 Å². The van der Waals surface area contributed by atoms with Gasteiger partial charge in [-0.25, -0.2) is 0 Å². The summed E-state index contributed by atoms with van der Waals surface area (Å²) >= 11 is 3.65. The number of halogens is 1. The molecule has 0 amide bonds. The first-order valence-corrected chi connectivity index (χ1v) is 9.45. The Balaban J connectivity index is 1.82. The van der Waals surface area contributed by atoms with E-state index in [0.717, 1.165) is 30.4 Å². The van der Waals surface area contributed by atoms with Crippen LogP contribution in [0.4, 0.5) is 0 Å². The Labute approximate surface area is 152 Å². The van der Waals surface area contributed by atoms with Crippen LogP contribution in [0.15, 0.2) is 46.9 Å². The van der Waals surface area contributed by atoms with Crippen LogP contribution in [0.3, 0.4) is 0 Å². The number of benzene rings is 2. The highest BCUT2D eigenvalue weighted by atomic mass is 79.9. The van der Waals surface area contributed by atoms with E-state index in [1.165, 1.54) is 22.3 Å². The predicted octanol–water partition coefficient (Wildman–Crippen LogP) is 5.42. The third-order valence-electron chi connectivity index (χ3n) is 5.57. The van der Waals surface area contributed by atoms with E-state index < -0.39 is 0 Å². The first-order valence-electron chi connectivity index (χ1n) is 8.65. The lowest BCUT2D eigenvalue weighted by molar-refractivity contribution is -0.867. The average molecular weight is 384 g/mol. The summed E-state index contributed by atoms with van der Waals surface area (Å²) in [5.74, 6) is 0.892. The molecule has 0 spiro atoms. The average Bonchev–Trinajstić information content (AvgIpc) is 2.72. The molecule has 24 heavy (non-hydrogen) atoms. The number of nitrogens with zero attached hydrogens (tertiary/aromatic N) is 1. The number of hydrogen-bond acceptors (Lipinski definition) is 1. The highest BCUT2D eigenvalue weighted by Gasteiger charge is 2.34. The lowest BCUT2D eigenvalue weighted by Gasteiger charge is -2.46. The van der Waals surface area contributed by atoms with Crippen molar-refractivity contribution in [3.05, 3.63) is 74.4 Å². The summed E-state index contributed by atoms with van der Waals surface area (Å²) in [6, 6.07) is 15.3. The molecule has 1 saturated heterocycles. The largest absolute Gasteiger partial charge is 0.633 e. The number of fused-ring (bicyclic) bond motifs is 2. The fourth-order valence-corrected chi connectivity index (χ4v) is 4.61. The molecule has 1 aliphatic heterocycles. The van der Waals surface area contributed by atoms with Gasteiger partial charge >= 0.3 is 0 Å². The van der Waals surface area contributed by atoms with Gasteiger partial charge in [0.2, 0.25) is 0 Å². The number of rotatable bonds is 1. The normalized spacial score (nSPS) is 28.8. The topological polar surface area (TPSA) is 23.1 Å². The molecule has 2 aromatic rings. The van der Waals surface area contributed by atoms with E-state index in [1.807, 2.05) is 7.05 Å². The third kappa shape index (κ3) is 2.97. The molecule has 1 unspecified atom stereocenters. The van der Waals surface area contributed by atoms with Gasteiger partial charge < -0.3 is 9.85 Å². The van der Waals surface area contributed by atoms with Gasteiger partial charge in [-0.3, -0.25) is 0 Å². The molecule has 124 valence electrons. The fraction of sp³-hybridized carbons (Fsp3) is 0.333. The molecular formula is C21H22BrNO. The van der Waals surface area contributed by atoms with E-state index in [1.54, 1.807) is 0 Å². The quantitative estimate of drug-likeness (QED) is 0.476. The van der Waals surface area contributed by atoms with Crippen LogP contribution in [0.1, 0.15) is 41.0 Å². The molecule has 2 aromatic carbocycles. The molecule has 0 saturated carbocycles. The molecule has 1 atom stereocenters. The van der Waals surface area contributed by atoms with E-state index in [9.17, 15) is 5.21 Å². The Morgan fingerprint density at radius 1 is 0.958 bits per heavy atom. The maximum atomic E-state index is 12.3. The first-order chi connectivity index (χ1) is 11.5. The maximum Gasteiger partial charge on any atom is 0.0784 e. The van der Waals surface area contributed by atoms with Gasteiger partial charge in [0.1, 0.15) is 0 Å². The molecule has 0 bridgehead atoms. The van der Waals surface area contributed by atoms with Crippen LogP contribution in [0, 0.1) is 11.1 Å². The number of piperidine rings is 1. The smallest absolute Gasteiger partial charge is 0.0784 e. The van der Waals surface area contributed by atoms with Crippen LogP contribution in [-0.2, 0) is 0 Å². The van der Waals surface area contributed by atoms with Crippen LogP contribution in [-0.4, -0.2) is 24.8 Å². The van der Waals surface area contributed by atoms with Crippen molar-refractivity contribution >= 4 is 28.1 Å². The van der Waals surface area contributed by atoms with Crippen molar-refractivity contribution in [2.45, 2.75) is 18.8 Å². The molecule has 1 aliphatic carbocycles. The van der Waals surface area contributed by atoms with Gasteiger partial charge in [0, 0.05) is 23.2 Å². The van der Waals surface area contributed by atoms with Crippen molar-refractivity contribution in [1.82, 2.24) is 0 Å². The van der Waals surface area contributed by atoms with Gasteiger partial charge in [-0.15, -0.1) is 0 Å². The number of likely N-dealkylation sites (tertiary alicyclic amines) is 1. The molecule has 1 heterocycles. The van der Waals surface area contributed by atoms with Crippen molar-refractivity contribution in [2.75, 3.05) is 20.1 Å². The minimum Gasteiger partial charge on any atom is -0.633 e. The van der Waals surface area contributed by atoms with E-state index in [-0.39, 0.29) is 4.65 Å². The van der Waals surface area contributed by atoms with Crippen molar-refractivity contribution in [2.24, 2.45) is 5.92 Å². The van der Waals surface area contributed by atoms with Gasteiger partial charge in [0.25, 0.3) is 0 Å². The van der Waals surface area contributed by atoms with Crippen molar-refractivity contribution in [1.29, 1.82) is 0 Å². The van der Waals surface area contributed by atoms with E-state index in [0.29, 0.717) is 11.8 Å². The molecule has 2 aliphatic rings. The summed E-state index contributed by atoms with van der Waals surface area (Å²) in [5.41, 5.74) is 5.39. The Morgan fingerprint density at radius 2 is 1.62 bits per heavy atom. The molecule has 4 rings (SSSR count). The zero-order chi connectivity index (χ0) is 16.7. The van der Waals surface area contributed by atoms with Gasteiger partial charge in [0.15, 0.2) is 0 Å². The molecule has 0 N–H and O–H groups in total. The molecular weight excluding hydrogens is 362 g/mol. The highest BCUT2D eigenvalue weighted by molar-refractivity contribution is 9.10. The van der Waals surface area contributed by atoms with E-state index >= 15 is 0 Å². The highest BCUT2D eigenvalue weighted by Crippen LogP contribution is 2.44. The second-order valence-corrected chi connectivity index (χ2v) is 8.21. The van der Waals surface area contributed by atoms with Gasteiger partial charge in [0.05, 0.1) is 20.1 Å². The minimum absolute atomic E-state index is 0.0888. The number of quaternary nitrogens is 1. The Morgan fingerprint density at radius 3 is 2.38 bits per heavy atom. The monoisotopic (exact) mass is 383 g/mol. The van der Waals surface area contributed by atoms with Gasteiger partial charge in [-0.2, -0.15) is 0 Å². The summed E-state index contributed by atoms with van der Waals surface area (Å²) in [4.78, 5) is 0. The second kappa shape index (κ2) is 6.14. The summed E-state index contributed by atoms with van der Waals surface area (Å²) in [6.45, 7) is 1.44. The third-order valence-corrected chi connectivity index (χ3v) is 6.07. The predicted molar refractivity (Wildman–Crippen MR) is 103 cm³/mol. The lowest BCUT2D eigenvalue weighted by Crippen LogP contribution is -2.45. The van der Waals surface area contributed by atoms with Crippen LogP contribution in [0.25, 0.3) is 12.2 Å². The zero-order valence-electron chi connectivity index (χ0n) is 13.9. The Bertz CT molecular complexity index is 786. The van der Waals surface area contributed by atoms with Crippen LogP contribution in [0.5, 0.6) is 0 Å². The summed E-state index contributed by atoms with van der Waals surface area (Å²) in [5, 5.41) is 12.3. The van der Waals surface area contributed by atoms with Crippen LogP contribution in [0.2, 0.25) is 0 Å². The van der Waals surface area contributed by atoms with E-state index in [4.69, 9.17) is 0 Å². The maximum absolute atomic E-state index is 12.3. The molecule has 2 nitrogen and oxygen atoms in total. The van der Waals surface area contributed by atoms with Gasteiger partial charge in [-0.05, 0) is 40.3 Å². The van der Waals surface area contributed by atoms with E-state index in [2.05, 4.69) is 70.5 Å². The van der Waals surface area contributed by atoms with Gasteiger partial charge in [-0.1, -0.05) is 58.4 Å². The molecule has 0 aromatic heterocycles. The van der Waals surface area contributed by atoms with Crippen LogP contribution >= 0.6 is 15.9 Å². The summed E-state index contributed by atoms with van der Waals surface area (Å²) in [7, 11) is 1.81. The molecule has 0 radical (unpaired) electrons. The first kappa shape index (κ1) is 16.1. The van der Waals surface area contributed by atoms with Crippen molar-refractivity contribution in [3.8, 4) is 0 Å².